The molecule has 0 fully saturated rings. The molecule has 0 saturated heterocycles. The van der Waals surface area contributed by atoms with Crippen LogP contribution in [0.3, 0.4) is 0 Å². The minimum Gasteiger partial charge on any atom is -0.488 e. The van der Waals surface area contributed by atoms with E-state index in [1.807, 2.05) is 72.7 Å². The van der Waals surface area contributed by atoms with Gasteiger partial charge in [-0.3, -0.25) is 14.9 Å². The first-order valence-corrected chi connectivity index (χ1v) is 16.4. The fourth-order valence-corrected chi connectivity index (χ4v) is 5.26. The lowest BCUT2D eigenvalue weighted by Crippen LogP contribution is -2.26. The van der Waals surface area contributed by atoms with Gasteiger partial charge in [-0.15, -0.1) is 0 Å². The summed E-state index contributed by atoms with van der Waals surface area (Å²) < 4.78 is 17.4. The Bertz CT molecular complexity index is 1220. The summed E-state index contributed by atoms with van der Waals surface area (Å²) in [6, 6.07) is 17.8. The number of amides is 1. The zero-order valence-electron chi connectivity index (χ0n) is 17.3. The van der Waals surface area contributed by atoms with E-state index in [1.165, 1.54) is 6.07 Å². The van der Waals surface area contributed by atoms with Crippen molar-refractivity contribution >= 4 is 72.4 Å². The number of hydrogen-bond acceptors (Lipinski definition) is 8. The summed E-state index contributed by atoms with van der Waals surface area (Å²) in [5, 5.41) is 11.5. The van der Waals surface area contributed by atoms with Crippen molar-refractivity contribution in [1.29, 1.82) is 0 Å². The molecule has 0 atom stereocenters. The number of rotatable bonds is 9. The smallest absolute Gasteiger partial charge is 0.274 e. The first-order valence-electron chi connectivity index (χ1n) is 9.81. The number of benzene rings is 3. The van der Waals surface area contributed by atoms with Crippen LogP contribution in [0.1, 0.15) is 27.0 Å². The van der Waals surface area contributed by atoms with E-state index in [0.717, 1.165) is 29.6 Å². The van der Waals surface area contributed by atoms with Gasteiger partial charge < -0.3 is 18.0 Å². The summed E-state index contributed by atoms with van der Waals surface area (Å²) in [6.07, 6.45) is 0. The van der Waals surface area contributed by atoms with Crippen molar-refractivity contribution in [2.45, 2.75) is 19.7 Å². The number of nitro benzene ring substituents is 1. The summed E-state index contributed by atoms with van der Waals surface area (Å²) in [5.74, 6) is 0.728. The van der Waals surface area contributed by atoms with Crippen LogP contribution >= 0.6 is 60.8 Å². The van der Waals surface area contributed by atoms with E-state index in [0.29, 0.717) is 22.8 Å². The van der Waals surface area contributed by atoms with Crippen LogP contribution in [0.2, 0.25) is 0 Å². The molecule has 3 aromatic carbocycles. The summed E-state index contributed by atoms with van der Waals surface area (Å²) >= 11 is 3.98. The van der Waals surface area contributed by atoms with E-state index < -0.39 is 4.92 Å². The lowest BCUT2D eigenvalue weighted by molar-refractivity contribution is -0.385. The van der Waals surface area contributed by atoms with Crippen molar-refractivity contribution in [3.8, 4) is 17.2 Å². The molecule has 0 aromatic heterocycles. The molecule has 0 unspecified atom stereocenters. The highest BCUT2D eigenvalue weighted by atomic mass is 127. The highest BCUT2D eigenvalue weighted by Gasteiger charge is 2.33. The molecule has 0 saturated carbocycles. The second-order valence-electron chi connectivity index (χ2n) is 7.19. The Hall–Kier alpha value is -1.91. The molecule has 0 spiro atoms. The number of carbonyl (C=O) groups is 1. The minimum absolute atomic E-state index is 0.00969. The van der Waals surface area contributed by atoms with Crippen molar-refractivity contribution in [1.82, 2.24) is 4.90 Å². The maximum atomic E-state index is 13.7. The zero-order chi connectivity index (χ0) is 24.1. The molecule has 1 aliphatic heterocycles. The lowest BCUT2D eigenvalue weighted by atomic mass is 10.1. The number of ether oxygens (including phenoxy) is 1. The van der Waals surface area contributed by atoms with Crippen molar-refractivity contribution in [3.63, 3.8) is 0 Å². The van der Waals surface area contributed by atoms with Gasteiger partial charge in [0.15, 0.2) is 5.75 Å². The standard InChI is InChI=1S/C22H16I2N2O6S2/c23-33-31-16-9-19(30-13-14-5-2-1-3-6-14)21(20(10-16)32-34-24)22(27)25-11-15-7-4-8-18(26(28)29)17(15)12-25/h1-10H,11-13H2. The van der Waals surface area contributed by atoms with Crippen LogP contribution in [0, 0.1) is 10.1 Å². The third-order valence-electron chi connectivity index (χ3n) is 5.18. The van der Waals surface area contributed by atoms with Gasteiger partial charge in [-0.25, -0.2) is 0 Å². The van der Waals surface area contributed by atoms with Gasteiger partial charge in [-0.05, 0) is 11.1 Å². The molecule has 0 N–H and O–H groups in total. The molecule has 0 radical (unpaired) electrons. The van der Waals surface area contributed by atoms with E-state index in [9.17, 15) is 14.9 Å². The second kappa shape index (κ2) is 11.7. The number of carbonyl (C=O) groups excluding carboxylic acids is 1. The van der Waals surface area contributed by atoms with Crippen molar-refractivity contribution in [2.24, 2.45) is 0 Å². The van der Waals surface area contributed by atoms with Gasteiger partial charge in [-0.1, -0.05) is 42.5 Å². The molecule has 4 rings (SSSR count). The van der Waals surface area contributed by atoms with Crippen molar-refractivity contribution < 1.29 is 22.8 Å². The van der Waals surface area contributed by atoms with Crippen LogP contribution < -0.4 is 13.1 Å². The molecule has 1 amide bonds. The first-order chi connectivity index (χ1) is 16.5. The molecule has 8 nitrogen and oxygen atoms in total. The molecule has 3 aromatic rings. The average Bonchev–Trinajstić information content (AvgIpc) is 3.28. The Labute approximate surface area is 228 Å². The third-order valence-corrected chi connectivity index (χ3v) is 6.76. The van der Waals surface area contributed by atoms with Crippen molar-refractivity contribution in [2.75, 3.05) is 0 Å². The molecule has 12 heteroatoms. The predicted octanol–water partition coefficient (Wildman–Crippen LogP) is 7.08. The Morgan fingerprint density at radius 2 is 1.74 bits per heavy atom. The van der Waals surface area contributed by atoms with Gasteiger partial charge in [0.1, 0.15) is 42.1 Å². The molecule has 176 valence electrons. The van der Waals surface area contributed by atoms with Crippen LogP contribution in [0.25, 0.3) is 0 Å². The van der Waals surface area contributed by atoms with Crippen LogP contribution in [0.4, 0.5) is 5.69 Å². The zero-order valence-corrected chi connectivity index (χ0v) is 23.3. The Balaban J connectivity index is 1.70. The largest absolute Gasteiger partial charge is 0.488 e. The van der Waals surface area contributed by atoms with Gasteiger partial charge in [0.25, 0.3) is 11.6 Å². The Morgan fingerprint density at radius 3 is 2.44 bits per heavy atom. The molecule has 0 aliphatic carbocycles. The monoisotopic (exact) mass is 722 g/mol. The second-order valence-corrected chi connectivity index (χ2v) is 9.94. The van der Waals surface area contributed by atoms with Crippen LogP contribution in [0.5, 0.6) is 17.2 Å². The van der Waals surface area contributed by atoms with Crippen LogP contribution in [-0.2, 0) is 19.7 Å². The Morgan fingerprint density at radius 1 is 1.00 bits per heavy atom. The Kier molecular flexibility index (Phi) is 8.65. The number of nitro groups is 1. The van der Waals surface area contributed by atoms with Gasteiger partial charge in [0.05, 0.1) is 17.0 Å². The quantitative estimate of drug-likeness (QED) is 0.100. The summed E-state index contributed by atoms with van der Waals surface area (Å²) in [5.41, 5.74) is 2.48. The topological polar surface area (TPSA) is 91.1 Å². The number of nitrogens with zero attached hydrogens (tertiary/aromatic N) is 2. The van der Waals surface area contributed by atoms with Crippen LogP contribution in [-0.4, -0.2) is 15.7 Å². The SMILES string of the molecule is O=C(c1c(OCc2ccccc2)cc(OSI)cc1OSI)N1Cc2cccc([N+](=O)[O-])c2C1. The van der Waals surface area contributed by atoms with Gasteiger partial charge in [0.2, 0.25) is 0 Å². The highest BCUT2D eigenvalue weighted by molar-refractivity contribution is 14.2. The number of fused-ring (bicyclic) bond motifs is 1. The highest BCUT2D eigenvalue weighted by Crippen LogP contribution is 2.41. The van der Waals surface area contributed by atoms with Gasteiger partial charge >= 0.3 is 0 Å². The molecule has 34 heavy (non-hydrogen) atoms. The normalized spacial score (nSPS) is 12.2. The average molecular weight is 722 g/mol. The molecule has 0 bridgehead atoms. The van der Waals surface area contributed by atoms with E-state index in [1.54, 1.807) is 29.2 Å². The van der Waals surface area contributed by atoms with E-state index in [4.69, 9.17) is 13.1 Å². The number of hydrogen-bond donors (Lipinski definition) is 0. The first kappa shape index (κ1) is 25.2. The molecular formula is C22H16I2N2O6S2. The maximum absolute atomic E-state index is 13.7. The maximum Gasteiger partial charge on any atom is 0.274 e. The number of halogens is 2. The fraction of sp³-hybridized carbons (Fsp3) is 0.136. The summed E-state index contributed by atoms with van der Waals surface area (Å²) in [6.45, 7) is 0.624. The van der Waals surface area contributed by atoms with E-state index in [2.05, 4.69) is 0 Å². The molecule has 1 heterocycles. The van der Waals surface area contributed by atoms with Gasteiger partial charge in [0, 0.05) is 67.2 Å². The molecular weight excluding hydrogens is 706 g/mol. The third kappa shape index (κ3) is 5.66. The van der Waals surface area contributed by atoms with Crippen LogP contribution in [0.15, 0.2) is 60.7 Å². The van der Waals surface area contributed by atoms with E-state index in [-0.39, 0.29) is 36.9 Å². The van der Waals surface area contributed by atoms with E-state index >= 15 is 0 Å². The fourth-order valence-electron chi connectivity index (χ4n) is 3.69. The lowest BCUT2D eigenvalue weighted by Gasteiger charge is -2.20. The van der Waals surface area contributed by atoms with Crippen molar-refractivity contribution in [3.05, 3.63) is 93.0 Å². The minimum atomic E-state index is -0.420. The van der Waals surface area contributed by atoms with Gasteiger partial charge in [-0.2, -0.15) is 0 Å². The summed E-state index contributed by atoms with van der Waals surface area (Å²) in [4.78, 5) is 26.3. The molecule has 1 aliphatic rings. The predicted molar refractivity (Wildman–Crippen MR) is 148 cm³/mol. The summed E-state index contributed by atoms with van der Waals surface area (Å²) in [7, 11) is 2.19.